The van der Waals surface area contributed by atoms with Crippen LogP contribution in [0.2, 0.25) is 0 Å². The van der Waals surface area contributed by atoms with Crippen molar-refractivity contribution < 1.29 is 9.53 Å². The van der Waals surface area contributed by atoms with Crippen molar-refractivity contribution in [1.29, 1.82) is 0 Å². The fourth-order valence-corrected chi connectivity index (χ4v) is 4.94. The molecule has 0 spiro atoms. The Bertz CT molecular complexity index is 1110. The molecular formula is C19H17N5O2S2. The molecule has 142 valence electrons. The number of benzene rings is 1. The van der Waals surface area contributed by atoms with E-state index in [0.29, 0.717) is 5.13 Å². The minimum atomic E-state index is -0.121. The third kappa shape index (κ3) is 3.44. The smallest absolute Gasteiger partial charge is 0.232 e. The molecule has 1 saturated heterocycles. The number of aromatic nitrogens is 4. The van der Waals surface area contributed by atoms with Gasteiger partial charge in [-0.05, 0) is 12.8 Å². The van der Waals surface area contributed by atoms with Crippen molar-refractivity contribution in [2.45, 2.75) is 25.4 Å². The van der Waals surface area contributed by atoms with E-state index < -0.39 is 0 Å². The van der Waals surface area contributed by atoms with Gasteiger partial charge >= 0.3 is 0 Å². The summed E-state index contributed by atoms with van der Waals surface area (Å²) in [5.74, 6) is -0.121. The van der Waals surface area contributed by atoms with Crippen LogP contribution in [0, 0.1) is 0 Å². The SMILES string of the molecule is O=C(Cc1csc2nc(-c3ccccc3)cn12)Nc1nnc(C2CCCO2)s1. The maximum absolute atomic E-state index is 12.5. The second kappa shape index (κ2) is 7.42. The predicted octanol–water partition coefficient (Wildman–Crippen LogP) is 3.95. The maximum atomic E-state index is 12.5. The van der Waals surface area contributed by atoms with Crippen molar-refractivity contribution in [1.82, 2.24) is 19.6 Å². The minimum Gasteiger partial charge on any atom is -0.371 e. The van der Waals surface area contributed by atoms with E-state index in [0.717, 1.165) is 46.4 Å². The zero-order chi connectivity index (χ0) is 18.9. The van der Waals surface area contributed by atoms with E-state index in [9.17, 15) is 4.79 Å². The van der Waals surface area contributed by atoms with Crippen LogP contribution in [-0.4, -0.2) is 32.1 Å². The number of imidazole rings is 1. The van der Waals surface area contributed by atoms with Gasteiger partial charge in [-0.3, -0.25) is 9.20 Å². The molecular weight excluding hydrogens is 394 g/mol. The van der Waals surface area contributed by atoms with Gasteiger partial charge in [-0.15, -0.1) is 21.5 Å². The first kappa shape index (κ1) is 17.5. The third-order valence-electron chi connectivity index (χ3n) is 4.59. The summed E-state index contributed by atoms with van der Waals surface area (Å²) in [5.41, 5.74) is 2.86. The zero-order valence-corrected chi connectivity index (χ0v) is 16.5. The Balaban J connectivity index is 1.30. The molecule has 0 bridgehead atoms. The molecule has 4 heterocycles. The van der Waals surface area contributed by atoms with Gasteiger partial charge in [0.05, 0.1) is 12.1 Å². The van der Waals surface area contributed by atoms with E-state index in [1.807, 2.05) is 46.3 Å². The van der Waals surface area contributed by atoms with E-state index in [4.69, 9.17) is 4.74 Å². The Morgan fingerprint density at radius 1 is 1.29 bits per heavy atom. The molecule has 5 rings (SSSR count). The van der Waals surface area contributed by atoms with Crippen LogP contribution in [0.3, 0.4) is 0 Å². The predicted molar refractivity (Wildman–Crippen MR) is 109 cm³/mol. The summed E-state index contributed by atoms with van der Waals surface area (Å²) in [6, 6.07) is 10.0. The summed E-state index contributed by atoms with van der Waals surface area (Å²) in [5, 5.41) is 14.4. The van der Waals surface area contributed by atoms with E-state index >= 15 is 0 Å². The lowest BCUT2D eigenvalue weighted by molar-refractivity contribution is -0.115. The monoisotopic (exact) mass is 411 g/mol. The van der Waals surface area contributed by atoms with Crippen LogP contribution in [-0.2, 0) is 16.0 Å². The summed E-state index contributed by atoms with van der Waals surface area (Å²) in [4.78, 5) is 18.0. The Hall–Kier alpha value is -2.62. The maximum Gasteiger partial charge on any atom is 0.232 e. The average Bonchev–Trinajstić information content (AvgIpc) is 3.48. The van der Waals surface area contributed by atoms with Gasteiger partial charge in [0.15, 0.2) is 4.96 Å². The molecule has 3 aromatic heterocycles. The highest BCUT2D eigenvalue weighted by molar-refractivity contribution is 7.15. The summed E-state index contributed by atoms with van der Waals surface area (Å²) in [6.07, 6.45) is 4.24. The summed E-state index contributed by atoms with van der Waals surface area (Å²) in [6.45, 7) is 0.760. The number of anilines is 1. The number of carbonyl (C=O) groups excluding carboxylic acids is 1. The molecule has 4 aromatic rings. The number of hydrogen-bond donors (Lipinski definition) is 1. The van der Waals surface area contributed by atoms with Crippen molar-refractivity contribution in [2.24, 2.45) is 0 Å². The standard InChI is InChI=1S/C19H17N5O2S2/c25-16(21-18-23-22-17(28-18)15-7-4-8-26-15)9-13-11-27-19-20-14(10-24(13)19)12-5-2-1-3-6-12/h1-3,5-6,10-11,15H,4,7-9H2,(H,21,23,25). The van der Waals surface area contributed by atoms with E-state index in [1.54, 1.807) is 0 Å². The Labute approximate surface area is 169 Å². The number of amides is 1. The molecule has 1 aromatic carbocycles. The molecule has 1 aliphatic rings. The molecule has 28 heavy (non-hydrogen) atoms. The summed E-state index contributed by atoms with van der Waals surface area (Å²) in [7, 11) is 0. The van der Waals surface area contributed by atoms with Gasteiger partial charge in [-0.1, -0.05) is 41.7 Å². The van der Waals surface area contributed by atoms with Gasteiger partial charge in [0.25, 0.3) is 0 Å². The molecule has 0 radical (unpaired) electrons. The van der Waals surface area contributed by atoms with E-state index in [1.165, 1.54) is 22.7 Å². The van der Waals surface area contributed by atoms with Crippen LogP contribution in [0.1, 0.15) is 29.6 Å². The lowest BCUT2D eigenvalue weighted by Gasteiger charge is -2.02. The Morgan fingerprint density at radius 3 is 3.00 bits per heavy atom. The molecule has 0 saturated carbocycles. The van der Waals surface area contributed by atoms with E-state index in [2.05, 4.69) is 20.5 Å². The van der Waals surface area contributed by atoms with Gasteiger partial charge in [0, 0.05) is 29.4 Å². The highest BCUT2D eigenvalue weighted by Gasteiger charge is 2.22. The topological polar surface area (TPSA) is 81.4 Å². The molecule has 1 fully saturated rings. The summed E-state index contributed by atoms with van der Waals surface area (Å²) >= 11 is 2.91. The number of thiazole rings is 1. The van der Waals surface area contributed by atoms with Crippen LogP contribution in [0.4, 0.5) is 5.13 Å². The zero-order valence-electron chi connectivity index (χ0n) is 14.9. The normalized spacial score (nSPS) is 16.6. The highest BCUT2D eigenvalue weighted by atomic mass is 32.1. The fraction of sp³-hybridized carbons (Fsp3) is 0.263. The number of carbonyl (C=O) groups is 1. The molecule has 9 heteroatoms. The molecule has 1 aliphatic heterocycles. The van der Waals surface area contributed by atoms with Crippen molar-refractivity contribution >= 4 is 38.7 Å². The second-order valence-corrected chi connectivity index (χ2v) is 8.39. The lowest BCUT2D eigenvalue weighted by Crippen LogP contribution is -2.15. The van der Waals surface area contributed by atoms with Gasteiger partial charge in [0.1, 0.15) is 11.1 Å². The van der Waals surface area contributed by atoms with Crippen molar-refractivity contribution in [2.75, 3.05) is 11.9 Å². The van der Waals surface area contributed by atoms with Crippen molar-refractivity contribution in [3.8, 4) is 11.3 Å². The van der Waals surface area contributed by atoms with Crippen molar-refractivity contribution in [3.63, 3.8) is 0 Å². The number of hydrogen-bond acceptors (Lipinski definition) is 7. The third-order valence-corrected chi connectivity index (χ3v) is 6.41. The first-order chi connectivity index (χ1) is 13.8. The van der Waals surface area contributed by atoms with Crippen LogP contribution in [0.25, 0.3) is 16.2 Å². The highest BCUT2D eigenvalue weighted by Crippen LogP contribution is 2.32. The molecule has 1 N–H and O–H groups in total. The van der Waals surface area contributed by atoms with Crippen LogP contribution >= 0.6 is 22.7 Å². The van der Waals surface area contributed by atoms with Gasteiger partial charge in [-0.25, -0.2) is 4.98 Å². The number of fused-ring (bicyclic) bond motifs is 1. The molecule has 1 atom stereocenters. The molecule has 1 unspecified atom stereocenters. The fourth-order valence-electron chi connectivity index (χ4n) is 3.22. The first-order valence-electron chi connectivity index (χ1n) is 9.02. The minimum absolute atomic E-state index is 0.0157. The molecule has 7 nitrogen and oxygen atoms in total. The Kier molecular flexibility index (Phi) is 4.63. The van der Waals surface area contributed by atoms with Crippen molar-refractivity contribution in [3.05, 3.63) is 52.6 Å². The number of rotatable bonds is 5. The molecule has 1 amide bonds. The average molecular weight is 412 g/mol. The Morgan fingerprint density at radius 2 is 2.18 bits per heavy atom. The number of nitrogens with zero attached hydrogens (tertiary/aromatic N) is 4. The van der Waals surface area contributed by atoms with Gasteiger partial charge < -0.3 is 10.1 Å². The lowest BCUT2D eigenvalue weighted by atomic mass is 10.2. The number of nitrogens with one attached hydrogen (secondary N) is 1. The second-order valence-electron chi connectivity index (χ2n) is 6.54. The summed E-state index contributed by atoms with van der Waals surface area (Å²) < 4.78 is 7.59. The number of ether oxygens (including phenoxy) is 1. The van der Waals surface area contributed by atoms with Gasteiger partial charge in [-0.2, -0.15) is 0 Å². The van der Waals surface area contributed by atoms with Crippen LogP contribution in [0.5, 0.6) is 0 Å². The van der Waals surface area contributed by atoms with Crippen LogP contribution < -0.4 is 5.32 Å². The van der Waals surface area contributed by atoms with E-state index in [-0.39, 0.29) is 18.4 Å². The molecule has 0 aliphatic carbocycles. The van der Waals surface area contributed by atoms with Crippen LogP contribution in [0.15, 0.2) is 41.9 Å². The quantitative estimate of drug-likeness (QED) is 0.538. The first-order valence-corrected chi connectivity index (χ1v) is 10.7. The van der Waals surface area contributed by atoms with Gasteiger partial charge in [0.2, 0.25) is 11.0 Å². The largest absolute Gasteiger partial charge is 0.371 e.